The number of carbonyl (C=O) groups is 4. The van der Waals surface area contributed by atoms with Gasteiger partial charge in [0.25, 0.3) is 0 Å². The van der Waals surface area contributed by atoms with Gasteiger partial charge >= 0.3 is 11.9 Å². The average molecular weight is 710 g/mol. The lowest BCUT2D eigenvalue weighted by molar-refractivity contribution is -0.207. The highest BCUT2D eigenvalue weighted by atomic mass is 35.5. The number of ether oxygens (including phenoxy) is 2. The Morgan fingerprint density at radius 3 is 1.45 bits per heavy atom. The van der Waals surface area contributed by atoms with Crippen LogP contribution in [-0.4, -0.2) is 35.3 Å². The summed E-state index contributed by atoms with van der Waals surface area (Å²) in [6.45, 7) is 6.87. The summed E-state index contributed by atoms with van der Waals surface area (Å²) < 4.78 is 13.1. The topological polar surface area (TPSA) is 86.7 Å². The van der Waals surface area contributed by atoms with Crippen LogP contribution < -0.4 is 9.47 Å². The largest absolute Gasteiger partial charge is 0.425 e. The number of fused-ring (bicyclic) bond motifs is 6. The van der Waals surface area contributed by atoms with E-state index in [1.165, 1.54) is 13.8 Å². The van der Waals surface area contributed by atoms with Crippen molar-refractivity contribution < 1.29 is 28.7 Å². The molecule has 2 aromatic heterocycles. The summed E-state index contributed by atoms with van der Waals surface area (Å²) in [7, 11) is 0. The van der Waals surface area contributed by atoms with E-state index < -0.39 is 22.8 Å². The van der Waals surface area contributed by atoms with E-state index in [2.05, 4.69) is 10.8 Å². The van der Waals surface area contributed by atoms with Crippen LogP contribution in [0, 0.1) is 24.7 Å². The zero-order valence-corrected chi connectivity index (χ0v) is 29.7. The number of carbonyl (C=O) groups excluding carboxylic acids is 4. The van der Waals surface area contributed by atoms with Crippen LogP contribution in [0.5, 0.6) is 11.5 Å². The number of ketones is 2. The average Bonchev–Trinajstić information content (AvgIpc) is 3.74. The monoisotopic (exact) mass is 708 g/mol. The van der Waals surface area contributed by atoms with E-state index in [4.69, 9.17) is 32.7 Å². The molecule has 0 aliphatic heterocycles. The van der Waals surface area contributed by atoms with Gasteiger partial charge in [0.15, 0.2) is 0 Å². The van der Waals surface area contributed by atoms with Gasteiger partial charge in [-0.15, -0.1) is 45.9 Å². The number of hydrogen-bond donors (Lipinski definition) is 0. The molecule has 4 atom stereocenters. The van der Waals surface area contributed by atoms with Crippen LogP contribution in [0.25, 0.3) is 20.2 Å². The maximum atomic E-state index is 14.5. The number of rotatable bonds is 8. The van der Waals surface area contributed by atoms with Gasteiger partial charge in [-0.2, -0.15) is 0 Å². The third-order valence-corrected chi connectivity index (χ3v) is 14.3. The maximum Gasteiger partial charge on any atom is 0.308 e. The van der Waals surface area contributed by atoms with Crippen molar-refractivity contribution in [1.82, 2.24) is 0 Å². The quantitative estimate of drug-likeness (QED) is 0.103. The molecule has 2 bridgehead atoms. The number of Topliss-reactive ketones (excluding diaryl/α,β-unsaturated/α-hetero) is 2. The zero-order valence-electron chi connectivity index (χ0n) is 26.6. The molecule has 0 amide bonds. The third-order valence-electron chi connectivity index (χ3n) is 11.3. The molecule has 6 nitrogen and oxygen atoms in total. The number of halogens is 2. The van der Waals surface area contributed by atoms with E-state index in [1.807, 2.05) is 26.0 Å². The highest BCUT2D eigenvalue weighted by molar-refractivity contribution is 7.18. The Morgan fingerprint density at radius 1 is 0.723 bits per heavy atom. The first-order chi connectivity index (χ1) is 22.4. The lowest BCUT2D eigenvalue weighted by Crippen LogP contribution is -2.69. The van der Waals surface area contributed by atoms with Crippen molar-refractivity contribution in [2.24, 2.45) is 10.8 Å². The van der Waals surface area contributed by atoms with Crippen molar-refractivity contribution >= 4 is 89.6 Å². The number of esters is 2. The zero-order chi connectivity index (χ0) is 33.2. The third kappa shape index (κ3) is 4.40. The van der Waals surface area contributed by atoms with Crippen LogP contribution in [0.1, 0.15) is 103 Å². The van der Waals surface area contributed by atoms with Crippen LogP contribution in [0.4, 0.5) is 0 Å². The minimum absolute atomic E-state index is 0.0250. The van der Waals surface area contributed by atoms with Crippen LogP contribution >= 0.6 is 45.9 Å². The van der Waals surface area contributed by atoms with E-state index in [9.17, 15) is 19.2 Å². The molecule has 0 spiro atoms. The second-order valence-electron chi connectivity index (χ2n) is 14.3. The van der Waals surface area contributed by atoms with Crippen LogP contribution in [0.2, 0.25) is 0 Å². The Hall–Kier alpha value is -2.78. The Morgan fingerprint density at radius 2 is 1.11 bits per heavy atom. The molecule has 10 heteroatoms. The fourth-order valence-corrected chi connectivity index (χ4v) is 12.2. The van der Waals surface area contributed by atoms with Crippen LogP contribution in [-0.2, 0) is 19.2 Å². The minimum Gasteiger partial charge on any atom is -0.425 e. The first-order valence-corrected chi connectivity index (χ1v) is 18.9. The standard InChI is InChI=1S/C37H34Cl2O6S2/c1-16-11-46-32-26(44-18(3)40)7-22-24(5-20(9-38)30(22)28(16)32)34(42)36-13-37(14-36,15-36)35(43)25-6-21(10-39)31-23(25)8-27(45-19(4)41)33-29(31)17(2)12-47-33/h7-8,11-12,20-21,24-25H,5-6,9-10,13-15H2,1-4H3/t20-,21-,24?,25?,36?,37?/m0/s1. The molecule has 0 radical (unpaired) electrons. The van der Waals surface area contributed by atoms with Gasteiger partial charge in [0.05, 0.1) is 9.40 Å². The fourth-order valence-electron chi connectivity index (χ4n) is 9.58. The van der Waals surface area contributed by atoms with Gasteiger partial charge < -0.3 is 9.47 Å². The number of aryl methyl sites for hydroxylation is 2. The lowest BCUT2D eigenvalue weighted by Gasteiger charge is -2.69. The molecule has 2 aromatic carbocycles. The molecule has 0 N–H and O–H groups in total. The lowest BCUT2D eigenvalue weighted by atomic mass is 9.31. The fraction of sp³-hybridized carbons (Fsp3) is 0.459. The number of thiophene rings is 2. The molecule has 5 aliphatic carbocycles. The molecule has 2 heterocycles. The molecule has 9 rings (SSSR count). The number of benzene rings is 2. The second-order valence-corrected chi connectivity index (χ2v) is 16.7. The molecule has 2 unspecified atom stereocenters. The smallest absolute Gasteiger partial charge is 0.308 e. The van der Waals surface area contributed by atoms with E-state index >= 15 is 0 Å². The van der Waals surface area contributed by atoms with Gasteiger partial charge in [-0.05, 0) is 114 Å². The predicted molar refractivity (Wildman–Crippen MR) is 186 cm³/mol. The van der Waals surface area contributed by atoms with E-state index in [-0.39, 0.29) is 35.2 Å². The summed E-state index contributed by atoms with van der Waals surface area (Å²) in [6.07, 6.45) is 2.91. The molecular formula is C37H34Cl2O6S2. The van der Waals surface area contributed by atoms with Crippen molar-refractivity contribution in [1.29, 1.82) is 0 Å². The molecular weight excluding hydrogens is 675 g/mol. The Labute approximate surface area is 290 Å². The first kappa shape index (κ1) is 31.5. The Bertz CT molecular complexity index is 1910. The van der Waals surface area contributed by atoms with Crippen molar-refractivity contribution in [2.45, 2.75) is 83.5 Å². The summed E-state index contributed by atoms with van der Waals surface area (Å²) in [6, 6.07) is 3.79. The van der Waals surface area contributed by atoms with E-state index in [0.717, 1.165) is 53.6 Å². The van der Waals surface area contributed by atoms with Gasteiger partial charge in [0.2, 0.25) is 0 Å². The summed E-state index contributed by atoms with van der Waals surface area (Å²) in [5.41, 5.74) is 5.17. The van der Waals surface area contributed by atoms with Crippen LogP contribution in [0.3, 0.4) is 0 Å². The highest BCUT2D eigenvalue weighted by Gasteiger charge is 2.75. The molecule has 244 valence electrons. The van der Waals surface area contributed by atoms with Crippen molar-refractivity contribution in [3.63, 3.8) is 0 Å². The number of hydrogen-bond acceptors (Lipinski definition) is 8. The van der Waals surface area contributed by atoms with Gasteiger partial charge in [-0.3, -0.25) is 19.2 Å². The summed E-state index contributed by atoms with van der Waals surface area (Å²) in [4.78, 5) is 53.0. The van der Waals surface area contributed by atoms with Crippen molar-refractivity contribution in [2.75, 3.05) is 11.8 Å². The summed E-state index contributed by atoms with van der Waals surface area (Å²) in [5.74, 6) is 0.713. The van der Waals surface area contributed by atoms with E-state index in [0.29, 0.717) is 55.4 Å². The normalized spacial score (nSPS) is 28.5. The molecule has 47 heavy (non-hydrogen) atoms. The molecule has 4 aromatic rings. The Kier molecular flexibility index (Phi) is 7.28. The van der Waals surface area contributed by atoms with Crippen molar-refractivity contribution in [3.8, 4) is 11.5 Å². The predicted octanol–water partition coefficient (Wildman–Crippen LogP) is 9.21. The molecule has 3 saturated carbocycles. The van der Waals surface area contributed by atoms with E-state index in [1.54, 1.807) is 22.7 Å². The van der Waals surface area contributed by atoms with Gasteiger partial charge in [0, 0.05) is 59.0 Å². The molecule has 0 saturated heterocycles. The van der Waals surface area contributed by atoms with Crippen LogP contribution in [0.15, 0.2) is 22.9 Å². The van der Waals surface area contributed by atoms with Crippen molar-refractivity contribution in [3.05, 3.63) is 56.3 Å². The SMILES string of the molecule is CC(=O)Oc1cc2c(c3c(C)csc13)[C@H](CCl)CC2C(=O)C12CC(C(=O)C3C[C@@H](CCl)c4c3cc(OC(C)=O)c3scc(C)c43)(C1)C2. The summed E-state index contributed by atoms with van der Waals surface area (Å²) in [5, 5.41) is 6.21. The highest BCUT2D eigenvalue weighted by Crippen LogP contribution is 2.77. The second kappa shape index (κ2) is 10.9. The molecule has 5 aliphatic rings. The maximum absolute atomic E-state index is 14.5. The number of alkyl halides is 2. The minimum atomic E-state index is -0.525. The Balaban J connectivity index is 1.10. The van der Waals surface area contributed by atoms with Gasteiger partial charge in [0.1, 0.15) is 23.1 Å². The first-order valence-electron chi connectivity index (χ1n) is 16.1. The summed E-state index contributed by atoms with van der Waals surface area (Å²) >= 11 is 16.1. The van der Waals surface area contributed by atoms with Gasteiger partial charge in [-0.1, -0.05) is 0 Å². The molecule has 3 fully saturated rings. The van der Waals surface area contributed by atoms with Gasteiger partial charge in [-0.25, -0.2) is 0 Å².